The predicted molar refractivity (Wildman–Crippen MR) is 75.2 cm³/mol. The van der Waals surface area contributed by atoms with Crippen LogP contribution in [0.25, 0.3) is 0 Å². The summed E-state index contributed by atoms with van der Waals surface area (Å²) in [7, 11) is 0. The minimum absolute atomic E-state index is 0.000865. The molecule has 0 spiro atoms. The molecule has 0 aromatic rings. The maximum absolute atomic E-state index is 11.6. The second-order valence-electron chi connectivity index (χ2n) is 5.73. The van der Waals surface area contributed by atoms with E-state index in [4.69, 9.17) is 0 Å². The minimum atomic E-state index is -0.849. The van der Waals surface area contributed by atoms with Gasteiger partial charge in [0.25, 0.3) is 0 Å². The highest BCUT2D eigenvalue weighted by atomic mass is 32.2. The van der Waals surface area contributed by atoms with Crippen molar-refractivity contribution in [2.24, 2.45) is 5.41 Å². The number of hydrogen-bond acceptors (Lipinski definition) is 3. The molecule has 0 saturated carbocycles. The van der Waals surface area contributed by atoms with Gasteiger partial charge in [-0.3, -0.25) is 4.79 Å². The van der Waals surface area contributed by atoms with Gasteiger partial charge in [-0.05, 0) is 25.5 Å². The second-order valence-corrected chi connectivity index (χ2v) is 6.59. The van der Waals surface area contributed by atoms with Gasteiger partial charge in [-0.15, -0.1) is 0 Å². The van der Waals surface area contributed by atoms with Crippen molar-refractivity contribution in [3.8, 4) is 0 Å². The number of hydrogen-bond donors (Lipinski definition) is 2. The fourth-order valence-corrected chi connectivity index (χ4v) is 1.83. The lowest BCUT2D eigenvalue weighted by Crippen LogP contribution is -2.42. The molecule has 4 heteroatoms. The number of allylic oxidation sites excluding steroid dienone is 1. The van der Waals surface area contributed by atoms with E-state index < -0.39 is 5.60 Å². The number of rotatable bonds is 5. The zero-order valence-corrected chi connectivity index (χ0v) is 12.6. The second kappa shape index (κ2) is 6.45. The molecule has 0 rings (SSSR count). The zero-order chi connectivity index (χ0) is 13.7. The third-order valence-corrected chi connectivity index (χ3v) is 3.54. The first-order chi connectivity index (χ1) is 7.58. The summed E-state index contributed by atoms with van der Waals surface area (Å²) in [6.07, 6.45) is 3.54. The summed E-state index contributed by atoms with van der Waals surface area (Å²) >= 11 is 1.56. The van der Waals surface area contributed by atoms with Crippen LogP contribution in [0, 0.1) is 5.41 Å². The lowest BCUT2D eigenvalue weighted by atomic mass is 9.87. The average molecular weight is 259 g/mol. The van der Waals surface area contributed by atoms with Crippen molar-refractivity contribution in [2.45, 2.75) is 40.2 Å². The van der Waals surface area contributed by atoms with E-state index in [9.17, 15) is 9.90 Å². The SMILES string of the molecule is CSCC(C)(O)CNC(=O)/C=C(/C)C(C)(C)C. The summed E-state index contributed by atoms with van der Waals surface area (Å²) in [5.74, 6) is 0.466. The fraction of sp³-hybridized carbons (Fsp3) is 0.769. The van der Waals surface area contributed by atoms with Crippen molar-refractivity contribution in [3.63, 3.8) is 0 Å². The van der Waals surface area contributed by atoms with Gasteiger partial charge in [0, 0.05) is 18.4 Å². The van der Waals surface area contributed by atoms with Crippen molar-refractivity contribution in [2.75, 3.05) is 18.6 Å². The van der Waals surface area contributed by atoms with Crippen LogP contribution in [0.1, 0.15) is 34.6 Å². The predicted octanol–water partition coefficient (Wildman–Crippen LogP) is 2.21. The molecule has 17 heavy (non-hydrogen) atoms. The molecule has 0 bridgehead atoms. The smallest absolute Gasteiger partial charge is 0.244 e. The van der Waals surface area contributed by atoms with Gasteiger partial charge in [0.15, 0.2) is 0 Å². The Morgan fingerprint density at radius 3 is 2.29 bits per heavy atom. The molecule has 0 aliphatic rings. The van der Waals surface area contributed by atoms with Crippen molar-refractivity contribution in [1.29, 1.82) is 0 Å². The van der Waals surface area contributed by atoms with Crippen molar-refractivity contribution in [1.82, 2.24) is 5.32 Å². The number of thioether (sulfide) groups is 1. The molecule has 0 radical (unpaired) electrons. The highest BCUT2D eigenvalue weighted by Crippen LogP contribution is 2.23. The lowest BCUT2D eigenvalue weighted by molar-refractivity contribution is -0.117. The highest BCUT2D eigenvalue weighted by molar-refractivity contribution is 7.98. The first-order valence-corrected chi connectivity index (χ1v) is 7.16. The fourth-order valence-electron chi connectivity index (χ4n) is 1.10. The van der Waals surface area contributed by atoms with Crippen molar-refractivity contribution < 1.29 is 9.90 Å². The number of carbonyl (C=O) groups excluding carboxylic acids is 1. The molecule has 0 fully saturated rings. The number of carbonyl (C=O) groups is 1. The van der Waals surface area contributed by atoms with Gasteiger partial charge < -0.3 is 10.4 Å². The first kappa shape index (κ1) is 16.5. The molecule has 0 aromatic heterocycles. The van der Waals surface area contributed by atoms with Crippen LogP contribution in [0.15, 0.2) is 11.6 Å². The third-order valence-electron chi connectivity index (χ3n) is 2.63. The van der Waals surface area contributed by atoms with Crippen LogP contribution >= 0.6 is 11.8 Å². The molecule has 0 saturated heterocycles. The standard InChI is InChI=1S/C13H25NO2S/c1-10(12(2,3)4)7-11(15)14-8-13(5,16)9-17-6/h7,16H,8-9H2,1-6H3,(H,14,15)/b10-7-. The zero-order valence-electron chi connectivity index (χ0n) is 11.8. The van der Waals surface area contributed by atoms with E-state index in [0.29, 0.717) is 5.75 Å². The minimum Gasteiger partial charge on any atom is -0.387 e. The Kier molecular flexibility index (Phi) is 6.27. The molecule has 1 amide bonds. The van der Waals surface area contributed by atoms with E-state index >= 15 is 0 Å². The van der Waals surface area contributed by atoms with Gasteiger partial charge in [0.1, 0.15) is 0 Å². The Bertz CT molecular complexity index is 290. The van der Waals surface area contributed by atoms with Crippen LogP contribution in [0.2, 0.25) is 0 Å². The molecule has 1 unspecified atom stereocenters. The van der Waals surface area contributed by atoms with E-state index in [-0.39, 0.29) is 17.9 Å². The molecule has 0 aliphatic heterocycles. The van der Waals surface area contributed by atoms with Crippen LogP contribution in [0.4, 0.5) is 0 Å². The van der Waals surface area contributed by atoms with Crippen LogP contribution in [0.3, 0.4) is 0 Å². The van der Waals surface area contributed by atoms with Gasteiger partial charge in [0.05, 0.1) is 5.60 Å². The van der Waals surface area contributed by atoms with E-state index in [2.05, 4.69) is 26.1 Å². The first-order valence-electron chi connectivity index (χ1n) is 5.76. The van der Waals surface area contributed by atoms with Crippen LogP contribution in [-0.4, -0.2) is 35.2 Å². The average Bonchev–Trinajstić information content (AvgIpc) is 2.13. The van der Waals surface area contributed by atoms with Crippen LogP contribution < -0.4 is 5.32 Å². The summed E-state index contributed by atoms with van der Waals surface area (Å²) in [4.78, 5) is 11.6. The maximum Gasteiger partial charge on any atom is 0.244 e. The molecule has 2 N–H and O–H groups in total. The van der Waals surface area contributed by atoms with Crippen molar-refractivity contribution in [3.05, 3.63) is 11.6 Å². The van der Waals surface area contributed by atoms with Gasteiger partial charge in [-0.2, -0.15) is 11.8 Å². The largest absolute Gasteiger partial charge is 0.387 e. The van der Waals surface area contributed by atoms with Crippen molar-refractivity contribution >= 4 is 17.7 Å². The van der Waals surface area contributed by atoms with E-state index in [0.717, 1.165) is 5.57 Å². The van der Waals surface area contributed by atoms with E-state index in [1.165, 1.54) is 0 Å². The topological polar surface area (TPSA) is 49.3 Å². The summed E-state index contributed by atoms with van der Waals surface area (Å²) in [5.41, 5.74) is 0.178. The van der Waals surface area contributed by atoms with E-state index in [1.807, 2.05) is 13.2 Å². The van der Waals surface area contributed by atoms with E-state index in [1.54, 1.807) is 24.8 Å². The Morgan fingerprint density at radius 1 is 1.35 bits per heavy atom. The third kappa shape index (κ3) is 7.45. The Labute approximate surface area is 109 Å². The Morgan fingerprint density at radius 2 is 1.88 bits per heavy atom. The summed E-state index contributed by atoms with van der Waals surface area (Å²) in [6.45, 7) is 10.1. The summed E-state index contributed by atoms with van der Waals surface area (Å²) in [6, 6.07) is 0. The molecule has 0 aliphatic carbocycles. The molecule has 1 atom stereocenters. The summed E-state index contributed by atoms with van der Waals surface area (Å²) in [5, 5.41) is 12.6. The quantitative estimate of drug-likeness (QED) is 0.744. The number of amides is 1. The lowest BCUT2D eigenvalue weighted by Gasteiger charge is -2.23. The Balaban J connectivity index is 4.30. The molecular weight excluding hydrogens is 234 g/mol. The molecule has 100 valence electrons. The normalized spacial score (nSPS) is 16.5. The highest BCUT2D eigenvalue weighted by Gasteiger charge is 2.20. The van der Waals surface area contributed by atoms with Gasteiger partial charge in [0.2, 0.25) is 5.91 Å². The molecule has 0 heterocycles. The number of aliphatic hydroxyl groups is 1. The molecular formula is C13H25NO2S. The van der Waals surface area contributed by atoms with Gasteiger partial charge in [-0.1, -0.05) is 26.3 Å². The molecule has 3 nitrogen and oxygen atoms in total. The van der Waals surface area contributed by atoms with Crippen LogP contribution in [-0.2, 0) is 4.79 Å². The Hall–Kier alpha value is -0.480. The van der Waals surface area contributed by atoms with Gasteiger partial charge >= 0.3 is 0 Å². The monoisotopic (exact) mass is 259 g/mol. The van der Waals surface area contributed by atoms with Gasteiger partial charge in [-0.25, -0.2) is 0 Å². The maximum atomic E-state index is 11.6. The number of nitrogens with one attached hydrogen (secondary N) is 1. The molecule has 0 aromatic carbocycles. The van der Waals surface area contributed by atoms with Crippen LogP contribution in [0.5, 0.6) is 0 Å². The summed E-state index contributed by atoms with van der Waals surface area (Å²) < 4.78 is 0.